The fraction of sp³-hybridized carbons (Fsp3) is 0.900. The molecule has 2 aliphatic rings. The highest BCUT2D eigenvalue weighted by Gasteiger charge is 2.45. The van der Waals surface area contributed by atoms with E-state index in [1.54, 1.807) is 7.11 Å². The molecular weight excluding hydrogens is 182 g/mol. The second-order valence-electron chi connectivity index (χ2n) is 4.52. The third-order valence-electron chi connectivity index (χ3n) is 3.19. The summed E-state index contributed by atoms with van der Waals surface area (Å²) in [5.41, 5.74) is -0.704. The number of hydrogen-bond donors (Lipinski definition) is 0. The Labute approximate surface area is 84.2 Å². The van der Waals surface area contributed by atoms with Crippen LogP contribution < -0.4 is 0 Å². The first-order valence-electron chi connectivity index (χ1n) is 5.02. The molecule has 0 aliphatic carbocycles. The van der Waals surface area contributed by atoms with Crippen molar-refractivity contribution in [3.05, 3.63) is 0 Å². The Bertz CT molecular complexity index is 252. The minimum Gasteiger partial charge on any atom is -0.374 e. The lowest BCUT2D eigenvalue weighted by atomic mass is 10.1. The molecule has 0 aromatic carbocycles. The van der Waals surface area contributed by atoms with Crippen LogP contribution >= 0.6 is 0 Å². The number of morpholine rings is 1. The summed E-state index contributed by atoms with van der Waals surface area (Å²) in [5.74, 6) is 0.0794. The smallest absolute Gasteiger partial charge is 0.254 e. The van der Waals surface area contributed by atoms with E-state index >= 15 is 0 Å². The van der Waals surface area contributed by atoms with Crippen LogP contribution in [0.5, 0.6) is 0 Å². The van der Waals surface area contributed by atoms with Crippen LogP contribution in [0.2, 0.25) is 0 Å². The van der Waals surface area contributed by atoms with E-state index in [0.29, 0.717) is 6.61 Å². The zero-order chi connectivity index (χ0) is 10.3. The fourth-order valence-electron chi connectivity index (χ4n) is 2.08. The van der Waals surface area contributed by atoms with Crippen molar-refractivity contribution in [1.82, 2.24) is 4.90 Å². The van der Waals surface area contributed by atoms with Gasteiger partial charge in [-0.1, -0.05) is 0 Å². The van der Waals surface area contributed by atoms with Gasteiger partial charge >= 0.3 is 0 Å². The van der Waals surface area contributed by atoms with E-state index in [1.807, 2.05) is 18.7 Å². The van der Waals surface area contributed by atoms with Gasteiger partial charge < -0.3 is 14.4 Å². The Kier molecular flexibility index (Phi) is 2.27. The van der Waals surface area contributed by atoms with Crippen LogP contribution in [0.4, 0.5) is 0 Å². The number of methoxy groups -OCH3 is 1. The van der Waals surface area contributed by atoms with Crippen molar-refractivity contribution in [3.8, 4) is 0 Å². The van der Waals surface area contributed by atoms with Gasteiger partial charge in [0.1, 0.15) is 5.60 Å². The lowest BCUT2D eigenvalue weighted by molar-refractivity contribution is -0.155. The molecule has 14 heavy (non-hydrogen) atoms. The summed E-state index contributed by atoms with van der Waals surface area (Å²) >= 11 is 0. The van der Waals surface area contributed by atoms with Gasteiger partial charge in [-0.3, -0.25) is 4.79 Å². The zero-order valence-corrected chi connectivity index (χ0v) is 8.95. The molecule has 0 N–H and O–H groups in total. The average Bonchev–Trinajstić information content (AvgIpc) is 2.77. The van der Waals surface area contributed by atoms with E-state index in [1.165, 1.54) is 0 Å². The van der Waals surface area contributed by atoms with Crippen molar-refractivity contribution in [1.29, 1.82) is 0 Å². The second kappa shape index (κ2) is 3.21. The van der Waals surface area contributed by atoms with Crippen LogP contribution in [0.15, 0.2) is 0 Å². The number of hydrogen-bond acceptors (Lipinski definition) is 3. The van der Waals surface area contributed by atoms with Crippen molar-refractivity contribution in [2.75, 3.05) is 20.3 Å². The number of nitrogens with zero attached hydrogens (tertiary/aromatic N) is 1. The summed E-state index contributed by atoms with van der Waals surface area (Å²) < 4.78 is 10.6. The van der Waals surface area contributed by atoms with Crippen LogP contribution in [-0.4, -0.2) is 48.8 Å². The van der Waals surface area contributed by atoms with Gasteiger partial charge in [-0.15, -0.1) is 0 Å². The number of likely N-dealkylation sites (tertiary alicyclic amines) is 1. The number of rotatable bonds is 2. The van der Waals surface area contributed by atoms with Crippen LogP contribution in [0, 0.1) is 0 Å². The summed E-state index contributed by atoms with van der Waals surface area (Å²) in [6, 6.07) is 0.280. The van der Waals surface area contributed by atoms with Crippen LogP contribution in [-0.2, 0) is 14.3 Å². The highest BCUT2D eigenvalue weighted by atomic mass is 16.5. The molecule has 0 saturated carbocycles. The van der Waals surface area contributed by atoms with E-state index in [9.17, 15) is 4.79 Å². The van der Waals surface area contributed by atoms with Gasteiger partial charge in [-0.25, -0.2) is 0 Å². The third-order valence-corrected chi connectivity index (χ3v) is 3.19. The van der Waals surface area contributed by atoms with E-state index in [-0.39, 0.29) is 18.1 Å². The van der Waals surface area contributed by atoms with E-state index < -0.39 is 5.60 Å². The molecular formula is C10H17NO3. The number of carbonyl (C=O) groups is 1. The van der Waals surface area contributed by atoms with Crippen LogP contribution in [0.3, 0.4) is 0 Å². The van der Waals surface area contributed by atoms with E-state index in [2.05, 4.69) is 0 Å². The molecule has 2 atom stereocenters. The Hall–Kier alpha value is -0.610. The standard InChI is InChI=1S/C10H17NO3/c1-10(2,13-3)9(12)11-5-8-4-7(11)6-14-8/h7-8H,4-6H2,1-3H3. The maximum absolute atomic E-state index is 12.0. The Morgan fingerprint density at radius 3 is 2.71 bits per heavy atom. The molecule has 0 spiro atoms. The minimum atomic E-state index is -0.704. The van der Waals surface area contributed by atoms with Crippen molar-refractivity contribution in [3.63, 3.8) is 0 Å². The minimum absolute atomic E-state index is 0.0794. The molecule has 2 unspecified atom stereocenters. The largest absolute Gasteiger partial charge is 0.374 e. The van der Waals surface area contributed by atoms with Gasteiger partial charge in [0.25, 0.3) is 5.91 Å². The molecule has 0 aromatic heterocycles. The summed E-state index contributed by atoms with van der Waals surface area (Å²) in [5, 5.41) is 0. The average molecular weight is 199 g/mol. The van der Waals surface area contributed by atoms with Gasteiger partial charge in [0.2, 0.25) is 0 Å². The monoisotopic (exact) mass is 199 g/mol. The summed E-state index contributed by atoms with van der Waals surface area (Å²) in [6.45, 7) is 5.04. The van der Waals surface area contributed by atoms with Crippen molar-refractivity contribution >= 4 is 5.91 Å². The molecule has 2 rings (SSSR count). The zero-order valence-electron chi connectivity index (χ0n) is 8.95. The summed E-state index contributed by atoms with van der Waals surface area (Å²) in [7, 11) is 1.57. The molecule has 1 amide bonds. The maximum Gasteiger partial charge on any atom is 0.254 e. The number of fused-ring (bicyclic) bond motifs is 2. The molecule has 4 heteroatoms. The van der Waals surface area contributed by atoms with Gasteiger partial charge in [0.05, 0.1) is 18.8 Å². The quantitative estimate of drug-likeness (QED) is 0.646. The van der Waals surface area contributed by atoms with Crippen LogP contribution in [0.1, 0.15) is 20.3 Å². The number of carbonyl (C=O) groups excluding carboxylic acids is 1. The van der Waals surface area contributed by atoms with Gasteiger partial charge in [-0.2, -0.15) is 0 Å². The van der Waals surface area contributed by atoms with Crippen molar-refractivity contribution < 1.29 is 14.3 Å². The Morgan fingerprint density at radius 2 is 2.29 bits per heavy atom. The van der Waals surface area contributed by atoms with Crippen molar-refractivity contribution in [2.45, 2.75) is 38.0 Å². The number of amides is 1. The molecule has 2 saturated heterocycles. The van der Waals surface area contributed by atoms with Gasteiger partial charge in [0, 0.05) is 13.7 Å². The molecule has 0 radical (unpaired) electrons. The van der Waals surface area contributed by atoms with E-state index in [0.717, 1.165) is 13.0 Å². The molecule has 80 valence electrons. The normalized spacial score (nSPS) is 31.2. The molecule has 2 fully saturated rings. The highest BCUT2D eigenvalue weighted by molar-refractivity contribution is 5.85. The predicted molar refractivity (Wildman–Crippen MR) is 50.9 cm³/mol. The van der Waals surface area contributed by atoms with Crippen molar-refractivity contribution in [2.24, 2.45) is 0 Å². The fourth-order valence-corrected chi connectivity index (χ4v) is 2.08. The van der Waals surface area contributed by atoms with Crippen LogP contribution in [0.25, 0.3) is 0 Å². The summed E-state index contributed by atoms with van der Waals surface area (Å²) in [4.78, 5) is 13.9. The lowest BCUT2D eigenvalue weighted by Gasteiger charge is -2.33. The Balaban J connectivity index is 2.06. The van der Waals surface area contributed by atoms with E-state index in [4.69, 9.17) is 9.47 Å². The molecule has 2 aliphatic heterocycles. The second-order valence-corrected chi connectivity index (χ2v) is 4.52. The highest BCUT2D eigenvalue weighted by Crippen LogP contribution is 2.30. The van der Waals surface area contributed by atoms with Gasteiger partial charge in [-0.05, 0) is 20.3 Å². The number of ether oxygens (including phenoxy) is 2. The molecule has 2 bridgehead atoms. The predicted octanol–water partition coefficient (Wildman–Crippen LogP) is 0.411. The first kappa shape index (κ1) is 9.93. The molecule has 0 aromatic rings. The third kappa shape index (κ3) is 1.42. The molecule has 2 heterocycles. The van der Waals surface area contributed by atoms with Gasteiger partial charge in [0.15, 0.2) is 0 Å². The Morgan fingerprint density at radius 1 is 1.57 bits per heavy atom. The topological polar surface area (TPSA) is 38.8 Å². The first-order chi connectivity index (χ1) is 6.54. The SMILES string of the molecule is COC(C)(C)C(=O)N1CC2CC1CO2. The molecule has 4 nitrogen and oxygen atoms in total. The summed E-state index contributed by atoms with van der Waals surface area (Å²) in [6.07, 6.45) is 1.25. The lowest BCUT2D eigenvalue weighted by Crippen LogP contribution is -2.51. The first-order valence-corrected chi connectivity index (χ1v) is 5.02. The maximum atomic E-state index is 12.0.